The molecule has 0 aliphatic carbocycles. The third kappa shape index (κ3) is 5.90. The first-order chi connectivity index (χ1) is 17.7. The maximum atomic E-state index is 15.2. The molecule has 8 heteroatoms. The average Bonchev–Trinajstić information content (AvgIpc) is 3.26. The van der Waals surface area contributed by atoms with Crippen LogP contribution in [0.1, 0.15) is 73.5 Å². The highest BCUT2D eigenvalue weighted by molar-refractivity contribution is 5.98. The Kier molecular flexibility index (Phi) is 7.10. The topological polar surface area (TPSA) is 88.0 Å². The number of aromatic amines is 1. The Morgan fingerprint density at radius 3 is 2.32 bits per heavy atom. The molecule has 0 atom stereocenters. The molecular formula is C30H34FN4O3+. The minimum absolute atomic E-state index is 0.00535. The first kappa shape index (κ1) is 27.0. The van der Waals surface area contributed by atoms with Crippen LogP contribution in [0.3, 0.4) is 0 Å². The molecule has 4 rings (SSSR count). The lowest BCUT2D eigenvalue weighted by atomic mass is 9.87. The van der Waals surface area contributed by atoms with Crippen molar-refractivity contribution in [3.05, 3.63) is 83.1 Å². The van der Waals surface area contributed by atoms with Crippen molar-refractivity contribution in [2.45, 2.75) is 59.1 Å². The van der Waals surface area contributed by atoms with Gasteiger partial charge >= 0.3 is 5.97 Å². The minimum atomic E-state index is -0.639. The van der Waals surface area contributed by atoms with Gasteiger partial charge in [0, 0.05) is 23.2 Å². The van der Waals surface area contributed by atoms with Crippen LogP contribution < -0.4 is 9.88 Å². The van der Waals surface area contributed by atoms with Crippen molar-refractivity contribution >= 4 is 22.9 Å². The zero-order chi connectivity index (χ0) is 27.8. The Morgan fingerprint density at radius 1 is 1.03 bits per heavy atom. The van der Waals surface area contributed by atoms with Gasteiger partial charge in [-0.2, -0.15) is 0 Å². The Labute approximate surface area is 222 Å². The Balaban J connectivity index is 1.55. The first-order valence-corrected chi connectivity index (χ1v) is 12.5. The zero-order valence-electron chi connectivity index (χ0n) is 22.9. The zero-order valence-corrected chi connectivity index (χ0v) is 22.9. The van der Waals surface area contributed by atoms with E-state index >= 15 is 4.39 Å². The largest absolute Gasteiger partial charge is 0.455 e. The molecule has 2 N–H and O–H groups in total. The van der Waals surface area contributed by atoms with Gasteiger partial charge in [-0.05, 0) is 61.0 Å². The summed E-state index contributed by atoms with van der Waals surface area (Å²) in [5, 5.41) is 3.46. The molecular weight excluding hydrogens is 483 g/mol. The number of esters is 1. The van der Waals surface area contributed by atoms with E-state index in [-0.39, 0.29) is 23.6 Å². The van der Waals surface area contributed by atoms with E-state index in [0.29, 0.717) is 33.4 Å². The highest BCUT2D eigenvalue weighted by atomic mass is 19.1. The lowest BCUT2D eigenvalue weighted by Gasteiger charge is -2.19. The van der Waals surface area contributed by atoms with Crippen LogP contribution in [0.4, 0.5) is 4.39 Å². The molecule has 0 bridgehead atoms. The molecule has 0 saturated heterocycles. The average molecular weight is 518 g/mol. The fourth-order valence-electron chi connectivity index (χ4n) is 4.16. The number of rotatable bonds is 5. The molecule has 0 unspecified atom stereocenters. The van der Waals surface area contributed by atoms with Gasteiger partial charge in [0.2, 0.25) is 0 Å². The van der Waals surface area contributed by atoms with Crippen LogP contribution in [0.5, 0.6) is 0 Å². The Bertz CT molecular complexity index is 1510. The standard InChI is InChI=1S/C30H33FN4O3/c1-29(2,3)21-12-10-18(11-13-21)27(36)32-16-20-9-8-19(14-23(20)31)25-22-15-24(28(37)38-30(4,5)6)34-26(22)33-17-35(25)7/h8-15,17H,16H2,1-7H3,(H,32,36)/p+1. The van der Waals surface area contributed by atoms with E-state index in [2.05, 4.69) is 36.1 Å². The molecule has 198 valence electrons. The molecule has 0 aliphatic rings. The van der Waals surface area contributed by atoms with Crippen LogP contribution in [-0.2, 0) is 23.7 Å². The second-order valence-corrected chi connectivity index (χ2v) is 11.5. The van der Waals surface area contributed by atoms with Crippen LogP contribution in [-0.4, -0.2) is 27.4 Å². The predicted octanol–water partition coefficient (Wildman–Crippen LogP) is 5.38. The number of aromatic nitrogens is 3. The van der Waals surface area contributed by atoms with E-state index in [1.165, 1.54) is 6.07 Å². The highest BCUT2D eigenvalue weighted by Gasteiger charge is 2.24. The van der Waals surface area contributed by atoms with Gasteiger partial charge in [0.1, 0.15) is 22.8 Å². The Hall–Kier alpha value is -4.07. The molecule has 0 saturated carbocycles. The summed E-state index contributed by atoms with van der Waals surface area (Å²) in [6, 6.07) is 14.0. The summed E-state index contributed by atoms with van der Waals surface area (Å²) in [5.74, 6) is -1.20. The van der Waals surface area contributed by atoms with E-state index in [9.17, 15) is 9.59 Å². The molecule has 0 aliphatic heterocycles. The van der Waals surface area contributed by atoms with E-state index in [1.807, 2.05) is 12.1 Å². The third-order valence-corrected chi connectivity index (χ3v) is 6.16. The molecule has 0 spiro atoms. The molecule has 38 heavy (non-hydrogen) atoms. The first-order valence-electron chi connectivity index (χ1n) is 12.5. The number of nitrogens with zero attached hydrogens (tertiary/aromatic N) is 2. The SMILES string of the molecule is C[n+]1cnc2[nH]c(C(=O)OC(C)(C)C)cc2c1-c1ccc(CNC(=O)c2ccc(C(C)(C)C)cc2)c(F)c1. The Morgan fingerprint density at radius 2 is 1.71 bits per heavy atom. The van der Waals surface area contributed by atoms with Crippen molar-refractivity contribution in [3.8, 4) is 11.3 Å². The van der Waals surface area contributed by atoms with E-state index in [4.69, 9.17) is 4.74 Å². The number of hydrogen-bond acceptors (Lipinski definition) is 4. The van der Waals surface area contributed by atoms with Crippen molar-refractivity contribution < 1.29 is 23.3 Å². The molecule has 0 fully saturated rings. The van der Waals surface area contributed by atoms with Crippen molar-refractivity contribution in [2.24, 2.45) is 7.05 Å². The predicted molar refractivity (Wildman–Crippen MR) is 144 cm³/mol. The van der Waals surface area contributed by atoms with E-state index in [1.54, 1.807) is 69.0 Å². The quantitative estimate of drug-likeness (QED) is 0.275. The number of fused-ring (bicyclic) bond motifs is 1. The highest BCUT2D eigenvalue weighted by Crippen LogP contribution is 2.27. The molecule has 2 aromatic heterocycles. The van der Waals surface area contributed by atoms with Crippen molar-refractivity contribution in [3.63, 3.8) is 0 Å². The summed E-state index contributed by atoms with van der Waals surface area (Å²) in [6.45, 7) is 11.8. The van der Waals surface area contributed by atoms with Crippen LogP contribution in [0.15, 0.2) is 54.9 Å². The fourth-order valence-corrected chi connectivity index (χ4v) is 4.16. The minimum Gasteiger partial charge on any atom is -0.455 e. The number of H-pyrrole nitrogens is 1. The fraction of sp³-hybridized carbons (Fsp3) is 0.333. The van der Waals surface area contributed by atoms with Gasteiger partial charge in [0.05, 0.1) is 12.4 Å². The second kappa shape index (κ2) is 10.0. The van der Waals surface area contributed by atoms with Gasteiger partial charge in [-0.1, -0.05) is 45.0 Å². The van der Waals surface area contributed by atoms with Crippen molar-refractivity contribution in [1.29, 1.82) is 0 Å². The lowest BCUT2D eigenvalue weighted by Crippen LogP contribution is -2.31. The number of hydrogen-bond donors (Lipinski definition) is 2. The van der Waals surface area contributed by atoms with Crippen LogP contribution >= 0.6 is 0 Å². The second-order valence-electron chi connectivity index (χ2n) is 11.5. The maximum Gasteiger partial charge on any atom is 0.355 e. The van der Waals surface area contributed by atoms with Gasteiger partial charge < -0.3 is 15.0 Å². The smallest absolute Gasteiger partial charge is 0.355 e. The number of benzene rings is 2. The molecule has 0 radical (unpaired) electrons. The van der Waals surface area contributed by atoms with Gasteiger partial charge in [-0.3, -0.25) is 4.79 Å². The summed E-state index contributed by atoms with van der Waals surface area (Å²) in [6.07, 6.45) is 1.60. The summed E-state index contributed by atoms with van der Waals surface area (Å²) in [5.41, 5.74) is 3.44. The van der Waals surface area contributed by atoms with Gasteiger partial charge in [-0.15, -0.1) is 0 Å². The summed E-state index contributed by atoms with van der Waals surface area (Å²) < 4.78 is 22.4. The van der Waals surface area contributed by atoms with Gasteiger partial charge in [-0.25, -0.2) is 13.8 Å². The lowest BCUT2D eigenvalue weighted by molar-refractivity contribution is -0.662. The normalized spacial score (nSPS) is 12.0. The number of carbonyl (C=O) groups excluding carboxylic acids is 2. The van der Waals surface area contributed by atoms with Crippen LogP contribution in [0.25, 0.3) is 22.3 Å². The number of aryl methyl sites for hydroxylation is 1. The van der Waals surface area contributed by atoms with Gasteiger partial charge in [0.15, 0.2) is 0 Å². The van der Waals surface area contributed by atoms with Crippen molar-refractivity contribution in [2.75, 3.05) is 0 Å². The molecule has 4 aromatic rings. The number of ether oxygens (including phenoxy) is 1. The third-order valence-electron chi connectivity index (χ3n) is 6.16. The monoisotopic (exact) mass is 517 g/mol. The summed E-state index contributed by atoms with van der Waals surface area (Å²) >= 11 is 0. The number of nitrogens with one attached hydrogen (secondary N) is 2. The van der Waals surface area contributed by atoms with Gasteiger partial charge in [0.25, 0.3) is 17.9 Å². The van der Waals surface area contributed by atoms with Crippen LogP contribution in [0, 0.1) is 5.82 Å². The van der Waals surface area contributed by atoms with Crippen LogP contribution in [0.2, 0.25) is 0 Å². The number of carbonyl (C=O) groups is 2. The number of amides is 1. The maximum absolute atomic E-state index is 15.2. The molecule has 7 nitrogen and oxygen atoms in total. The summed E-state index contributed by atoms with van der Waals surface area (Å²) in [7, 11) is 1.80. The van der Waals surface area contributed by atoms with Crippen molar-refractivity contribution in [1.82, 2.24) is 15.3 Å². The molecule has 1 amide bonds. The number of halogens is 1. The van der Waals surface area contributed by atoms with E-state index in [0.717, 1.165) is 5.56 Å². The molecule has 2 aromatic carbocycles. The van der Waals surface area contributed by atoms with E-state index < -0.39 is 17.4 Å². The molecule has 2 heterocycles. The summed E-state index contributed by atoms with van der Waals surface area (Å²) in [4.78, 5) is 32.6.